The van der Waals surface area contributed by atoms with E-state index in [0.717, 1.165) is 24.8 Å². The molecule has 0 saturated carbocycles. The first-order chi connectivity index (χ1) is 8.63. The monoisotopic (exact) mass is 269 g/mol. The lowest BCUT2D eigenvalue weighted by molar-refractivity contribution is 0.155. The fraction of sp³-hybridized carbons (Fsp3) is 0.538. The summed E-state index contributed by atoms with van der Waals surface area (Å²) in [5, 5.41) is 9.28. The Morgan fingerprint density at radius 3 is 2.61 bits per heavy atom. The molecule has 0 aliphatic carbocycles. The normalized spacial score (nSPS) is 21.9. The topological polar surface area (TPSA) is 57.6 Å². The average molecular weight is 269 g/mol. The fourth-order valence-electron chi connectivity index (χ4n) is 2.39. The van der Waals surface area contributed by atoms with Gasteiger partial charge in [-0.3, -0.25) is 0 Å². The molecule has 1 aromatic rings. The van der Waals surface area contributed by atoms with Gasteiger partial charge in [0.25, 0.3) is 0 Å². The first-order valence-electron chi connectivity index (χ1n) is 6.28. The Labute approximate surface area is 108 Å². The third kappa shape index (κ3) is 3.10. The summed E-state index contributed by atoms with van der Waals surface area (Å²) in [6.45, 7) is 0.439. The highest BCUT2D eigenvalue weighted by atomic mass is 32.2. The van der Waals surface area contributed by atoms with Crippen LogP contribution in [0.3, 0.4) is 0 Å². The van der Waals surface area contributed by atoms with Crippen LogP contribution in [0.1, 0.15) is 24.8 Å². The minimum Gasteiger partial charge on any atom is -0.395 e. The van der Waals surface area contributed by atoms with E-state index in [-0.39, 0.29) is 18.4 Å². The Morgan fingerprint density at radius 2 is 1.94 bits per heavy atom. The highest BCUT2D eigenvalue weighted by molar-refractivity contribution is 7.88. The van der Waals surface area contributed by atoms with E-state index in [4.69, 9.17) is 0 Å². The van der Waals surface area contributed by atoms with Crippen LogP contribution in [0.15, 0.2) is 30.3 Å². The van der Waals surface area contributed by atoms with Crippen molar-refractivity contribution >= 4 is 10.0 Å². The van der Waals surface area contributed by atoms with Crippen LogP contribution in [0, 0.1) is 0 Å². The molecule has 1 saturated heterocycles. The van der Waals surface area contributed by atoms with Crippen molar-refractivity contribution in [2.45, 2.75) is 31.1 Å². The predicted molar refractivity (Wildman–Crippen MR) is 70.5 cm³/mol. The van der Waals surface area contributed by atoms with Crippen molar-refractivity contribution in [3.05, 3.63) is 35.9 Å². The number of aliphatic hydroxyl groups is 1. The SMILES string of the molecule is O=S(=O)(Cc1ccccc1)N1CCCCC1CO. The number of hydrogen-bond acceptors (Lipinski definition) is 3. The zero-order valence-corrected chi connectivity index (χ0v) is 11.1. The van der Waals surface area contributed by atoms with Crippen molar-refractivity contribution < 1.29 is 13.5 Å². The van der Waals surface area contributed by atoms with Crippen LogP contribution in [0.25, 0.3) is 0 Å². The Balaban J connectivity index is 2.14. The molecule has 1 heterocycles. The maximum Gasteiger partial charge on any atom is 0.218 e. The van der Waals surface area contributed by atoms with E-state index in [0.29, 0.717) is 6.54 Å². The van der Waals surface area contributed by atoms with Crippen molar-refractivity contribution in [1.29, 1.82) is 0 Å². The molecule has 5 heteroatoms. The molecule has 1 N–H and O–H groups in total. The maximum absolute atomic E-state index is 12.3. The Bertz CT molecular complexity index is 472. The molecule has 1 aliphatic heterocycles. The van der Waals surface area contributed by atoms with Crippen LogP contribution >= 0.6 is 0 Å². The van der Waals surface area contributed by atoms with E-state index >= 15 is 0 Å². The first-order valence-corrected chi connectivity index (χ1v) is 7.89. The molecule has 2 rings (SSSR count). The molecule has 100 valence electrons. The van der Waals surface area contributed by atoms with E-state index in [1.807, 2.05) is 30.3 Å². The van der Waals surface area contributed by atoms with E-state index in [2.05, 4.69) is 0 Å². The van der Waals surface area contributed by atoms with E-state index < -0.39 is 10.0 Å². The van der Waals surface area contributed by atoms with Crippen molar-refractivity contribution in [3.8, 4) is 0 Å². The number of hydrogen-bond donors (Lipinski definition) is 1. The quantitative estimate of drug-likeness (QED) is 0.898. The van der Waals surface area contributed by atoms with Gasteiger partial charge in [-0.15, -0.1) is 0 Å². The van der Waals surface area contributed by atoms with Crippen LogP contribution in [0.4, 0.5) is 0 Å². The molecule has 0 bridgehead atoms. The van der Waals surface area contributed by atoms with Gasteiger partial charge in [0.05, 0.1) is 12.4 Å². The molecule has 1 aliphatic rings. The van der Waals surface area contributed by atoms with Crippen LogP contribution in [-0.2, 0) is 15.8 Å². The first kappa shape index (κ1) is 13.5. The van der Waals surface area contributed by atoms with Crippen LogP contribution in [-0.4, -0.2) is 37.0 Å². The zero-order chi connectivity index (χ0) is 13.0. The largest absolute Gasteiger partial charge is 0.395 e. The standard InChI is InChI=1S/C13H19NO3S/c15-10-13-8-4-5-9-14(13)18(16,17)11-12-6-2-1-3-7-12/h1-3,6-7,13,15H,4-5,8-11H2. The molecule has 0 radical (unpaired) electrons. The Hall–Kier alpha value is -0.910. The summed E-state index contributed by atoms with van der Waals surface area (Å²) in [5.41, 5.74) is 0.791. The number of sulfonamides is 1. The van der Waals surface area contributed by atoms with Gasteiger partial charge in [-0.25, -0.2) is 8.42 Å². The summed E-state index contributed by atoms with van der Waals surface area (Å²) in [6, 6.07) is 8.93. The lowest BCUT2D eigenvalue weighted by Gasteiger charge is -2.33. The van der Waals surface area contributed by atoms with Crippen molar-refractivity contribution in [3.63, 3.8) is 0 Å². The zero-order valence-electron chi connectivity index (χ0n) is 10.3. The molecule has 1 aromatic carbocycles. The molecule has 0 amide bonds. The van der Waals surface area contributed by atoms with Crippen LogP contribution < -0.4 is 0 Å². The summed E-state index contributed by atoms with van der Waals surface area (Å²) in [5.74, 6) is 0.0182. The van der Waals surface area contributed by atoms with Crippen LogP contribution in [0.2, 0.25) is 0 Å². The second-order valence-corrected chi connectivity index (χ2v) is 6.61. The fourth-order valence-corrected chi connectivity index (χ4v) is 4.20. The third-order valence-electron chi connectivity index (χ3n) is 3.33. The lowest BCUT2D eigenvalue weighted by atomic mass is 10.1. The smallest absolute Gasteiger partial charge is 0.218 e. The number of rotatable bonds is 4. The molecule has 0 aromatic heterocycles. The minimum atomic E-state index is -3.32. The molecule has 4 nitrogen and oxygen atoms in total. The highest BCUT2D eigenvalue weighted by Gasteiger charge is 2.31. The second-order valence-electron chi connectivity index (χ2n) is 4.68. The molecule has 1 unspecified atom stereocenters. The van der Waals surface area contributed by atoms with Crippen molar-refractivity contribution in [2.75, 3.05) is 13.2 Å². The van der Waals surface area contributed by atoms with Gasteiger partial charge in [-0.1, -0.05) is 36.8 Å². The predicted octanol–water partition coefficient (Wildman–Crippen LogP) is 1.36. The highest BCUT2D eigenvalue weighted by Crippen LogP contribution is 2.22. The summed E-state index contributed by atoms with van der Waals surface area (Å²) in [7, 11) is -3.32. The van der Waals surface area contributed by atoms with Gasteiger partial charge in [0.15, 0.2) is 0 Å². The van der Waals surface area contributed by atoms with Gasteiger partial charge < -0.3 is 5.11 Å². The molecule has 1 fully saturated rings. The molecule has 1 atom stereocenters. The molecule has 18 heavy (non-hydrogen) atoms. The Morgan fingerprint density at radius 1 is 1.22 bits per heavy atom. The summed E-state index contributed by atoms with van der Waals surface area (Å²) < 4.78 is 26.2. The van der Waals surface area contributed by atoms with E-state index in [9.17, 15) is 13.5 Å². The summed E-state index contributed by atoms with van der Waals surface area (Å²) >= 11 is 0. The molecular formula is C13H19NO3S. The van der Waals surface area contributed by atoms with Gasteiger partial charge in [0.2, 0.25) is 10.0 Å². The van der Waals surface area contributed by atoms with Gasteiger partial charge >= 0.3 is 0 Å². The van der Waals surface area contributed by atoms with Crippen LogP contribution in [0.5, 0.6) is 0 Å². The average Bonchev–Trinajstić information content (AvgIpc) is 2.39. The maximum atomic E-state index is 12.3. The summed E-state index contributed by atoms with van der Waals surface area (Å²) in [6.07, 6.45) is 2.62. The van der Waals surface area contributed by atoms with Gasteiger partial charge in [-0.05, 0) is 18.4 Å². The minimum absolute atomic E-state index is 0.0182. The van der Waals surface area contributed by atoms with Gasteiger partial charge in [0.1, 0.15) is 0 Å². The molecule has 0 spiro atoms. The number of piperidine rings is 1. The van der Waals surface area contributed by atoms with Gasteiger partial charge in [0, 0.05) is 12.6 Å². The van der Waals surface area contributed by atoms with E-state index in [1.54, 1.807) is 0 Å². The Kier molecular flexibility index (Phi) is 4.37. The lowest BCUT2D eigenvalue weighted by Crippen LogP contribution is -2.45. The summed E-state index contributed by atoms with van der Waals surface area (Å²) in [4.78, 5) is 0. The number of aliphatic hydroxyl groups excluding tert-OH is 1. The molecular weight excluding hydrogens is 250 g/mol. The van der Waals surface area contributed by atoms with Crippen molar-refractivity contribution in [1.82, 2.24) is 4.31 Å². The second kappa shape index (κ2) is 5.82. The van der Waals surface area contributed by atoms with Gasteiger partial charge in [-0.2, -0.15) is 4.31 Å². The van der Waals surface area contributed by atoms with E-state index in [1.165, 1.54) is 4.31 Å². The number of nitrogens with zero attached hydrogens (tertiary/aromatic N) is 1. The third-order valence-corrected chi connectivity index (χ3v) is 5.23. The number of benzene rings is 1. The van der Waals surface area contributed by atoms with Crippen molar-refractivity contribution in [2.24, 2.45) is 0 Å².